The number of nitrogens with zero attached hydrogens (tertiary/aromatic N) is 2. The van der Waals surface area contributed by atoms with E-state index in [0.29, 0.717) is 28.6 Å². The molecule has 3 aromatic rings. The molecule has 0 atom stereocenters. The molecule has 9 heteroatoms. The lowest BCUT2D eigenvalue weighted by molar-refractivity contribution is -0.139. The molecule has 0 spiro atoms. The van der Waals surface area contributed by atoms with Crippen LogP contribution in [0.15, 0.2) is 36.4 Å². The Kier molecular flexibility index (Phi) is 5.56. The van der Waals surface area contributed by atoms with E-state index >= 15 is 0 Å². The molecule has 4 rings (SSSR count). The molecule has 0 saturated carbocycles. The fraction of sp³-hybridized carbons (Fsp3) is 0.227. The molecule has 0 bridgehead atoms. The SMILES string of the molecule is COC(=O)CNC(=O)c1nn(-c2cccc(Cl)c2)c2c1Cc1cc(OC)c(OC)cc1-2. The van der Waals surface area contributed by atoms with E-state index in [1.165, 1.54) is 7.11 Å². The second-order valence-electron chi connectivity index (χ2n) is 6.87. The number of ether oxygens (including phenoxy) is 3. The maximum atomic E-state index is 12.9. The number of methoxy groups -OCH3 is 3. The zero-order valence-electron chi connectivity index (χ0n) is 17.2. The van der Waals surface area contributed by atoms with Gasteiger partial charge in [-0.15, -0.1) is 0 Å². The Morgan fingerprint density at radius 1 is 1.13 bits per heavy atom. The fourth-order valence-corrected chi connectivity index (χ4v) is 3.84. The lowest BCUT2D eigenvalue weighted by atomic mass is 10.1. The van der Waals surface area contributed by atoms with Crippen LogP contribution in [-0.2, 0) is 16.0 Å². The molecule has 0 radical (unpaired) electrons. The second-order valence-corrected chi connectivity index (χ2v) is 7.30. The summed E-state index contributed by atoms with van der Waals surface area (Å²) in [7, 11) is 4.41. The topological polar surface area (TPSA) is 91.7 Å². The lowest BCUT2D eigenvalue weighted by Gasteiger charge is -2.12. The average molecular weight is 442 g/mol. The highest BCUT2D eigenvalue weighted by Crippen LogP contribution is 2.44. The van der Waals surface area contributed by atoms with Crippen molar-refractivity contribution < 1.29 is 23.8 Å². The molecule has 1 aliphatic carbocycles. The second kappa shape index (κ2) is 8.31. The largest absolute Gasteiger partial charge is 0.493 e. The summed E-state index contributed by atoms with van der Waals surface area (Å²) in [4.78, 5) is 24.3. The number of fused-ring (bicyclic) bond motifs is 3. The molecule has 0 aliphatic heterocycles. The Morgan fingerprint density at radius 2 is 1.87 bits per heavy atom. The molecule has 1 aromatic heterocycles. The Morgan fingerprint density at radius 3 is 2.55 bits per heavy atom. The highest BCUT2D eigenvalue weighted by molar-refractivity contribution is 6.30. The van der Waals surface area contributed by atoms with Crippen LogP contribution in [0, 0.1) is 0 Å². The van der Waals surface area contributed by atoms with Crippen molar-refractivity contribution in [2.75, 3.05) is 27.9 Å². The number of carbonyl (C=O) groups is 2. The summed E-state index contributed by atoms with van der Waals surface area (Å²) in [5, 5.41) is 7.67. The number of nitrogens with one attached hydrogen (secondary N) is 1. The van der Waals surface area contributed by atoms with Gasteiger partial charge in [-0.2, -0.15) is 5.10 Å². The van der Waals surface area contributed by atoms with Gasteiger partial charge in [-0.3, -0.25) is 9.59 Å². The van der Waals surface area contributed by atoms with Crippen LogP contribution in [0.1, 0.15) is 21.6 Å². The first kappa shape index (κ1) is 20.7. The number of benzene rings is 2. The van der Waals surface area contributed by atoms with Gasteiger partial charge in [0.1, 0.15) is 6.54 Å². The Bertz CT molecular complexity index is 1190. The van der Waals surface area contributed by atoms with Crippen LogP contribution in [0.4, 0.5) is 0 Å². The number of rotatable bonds is 6. The predicted octanol–water partition coefficient (Wildman–Crippen LogP) is 3.02. The fourth-order valence-electron chi connectivity index (χ4n) is 3.66. The first-order chi connectivity index (χ1) is 15.0. The summed E-state index contributed by atoms with van der Waals surface area (Å²) in [5.74, 6) is 0.168. The standard InChI is InChI=1S/C22H20ClN3O5/c1-29-17-8-12-7-16-20(22(28)24-11-19(27)31-3)25-26(14-6-4-5-13(23)9-14)21(16)15(12)10-18(17)30-2/h4-6,8-10H,7,11H2,1-3H3,(H,24,28). The van der Waals surface area contributed by atoms with Gasteiger partial charge in [0.15, 0.2) is 17.2 Å². The van der Waals surface area contributed by atoms with Crippen molar-refractivity contribution in [2.24, 2.45) is 0 Å². The number of esters is 1. The van der Waals surface area contributed by atoms with Crippen LogP contribution < -0.4 is 14.8 Å². The van der Waals surface area contributed by atoms with Crippen LogP contribution in [0.3, 0.4) is 0 Å². The molecule has 0 saturated heterocycles. The van der Waals surface area contributed by atoms with Crippen molar-refractivity contribution >= 4 is 23.5 Å². The van der Waals surface area contributed by atoms with Crippen LogP contribution >= 0.6 is 11.6 Å². The van der Waals surface area contributed by atoms with Crippen LogP contribution in [0.25, 0.3) is 16.9 Å². The minimum Gasteiger partial charge on any atom is -0.493 e. The van der Waals surface area contributed by atoms with Gasteiger partial charge >= 0.3 is 5.97 Å². The smallest absolute Gasteiger partial charge is 0.325 e. The minimum absolute atomic E-state index is 0.230. The van der Waals surface area contributed by atoms with Gasteiger partial charge in [-0.1, -0.05) is 17.7 Å². The number of aromatic nitrogens is 2. The van der Waals surface area contributed by atoms with E-state index in [9.17, 15) is 9.59 Å². The normalized spacial score (nSPS) is 11.5. The molecule has 1 N–H and O–H groups in total. The zero-order chi connectivity index (χ0) is 22.1. The van der Waals surface area contributed by atoms with Crippen molar-refractivity contribution in [3.8, 4) is 28.4 Å². The number of hydrogen-bond donors (Lipinski definition) is 1. The van der Waals surface area contributed by atoms with Crippen LogP contribution in [0.5, 0.6) is 11.5 Å². The zero-order valence-corrected chi connectivity index (χ0v) is 17.9. The molecular weight excluding hydrogens is 422 g/mol. The van der Waals surface area contributed by atoms with Gasteiger partial charge in [0.2, 0.25) is 0 Å². The third-order valence-electron chi connectivity index (χ3n) is 5.10. The summed E-state index contributed by atoms with van der Waals surface area (Å²) < 4.78 is 17.2. The van der Waals surface area contributed by atoms with E-state index in [4.69, 9.17) is 21.1 Å². The molecule has 160 valence electrons. The Labute approximate surface area is 183 Å². The molecule has 1 amide bonds. The van der Waals surface area contributed by atoms with Crippen molar-refractivity contribution in [3.63, 3.8) is 0 Å². The summed E-state index contributed by atoms with van der Waals surface area (Å²) in [6.07, 6.45) is 0.479. The summed E-state index contributed by atoms with van der Waals surface area (Å²) in [6, 6.07) is 11.0. The summed E-state index contributed by atoms with van der Waals surface area (Å²) >= 11 is 6.19. The maximum Gasteiger partial charge on any atom is 0.325 e. The van der Waals surface area contributed by atoms with Crippen LogP contribution in [0.2, 0.25) is 5.02 Å². The third-order valence-corrected chi connectivity index (χ3v) is 5.34. The lowest BCUT2D eigenvalue weighted by Crippen LogP contribution is -2.31. The number of hydrogen-bond acceptors (Lipinski definition) is 6. The van der Waals surface area contributed by atoms with E-state index < -0.39 is 11.9 Å². The molecule has 31 heavy (non-hydrogen) atoms. The summed E-state index contributed by atoms with van der Waals surface area (Å²) in [5.41, 5.74) is 4.30. The van der Waals surface area contributed by atoms with Gasteiger partial charge in [0, 0.05) is 22.6 Å². The molecule has 0 unspecified atom stereocenters. The first-order valence-corrected chi connectivity index (χ1v) is 9.82. The maximum absolute atomic E-state index is 12.9. The molecular formula is C22H20ClN3O5. The first-order valence-electron chi connectivity index (χ1n) is 9.45. The average Bonchev–Trinajstić information content (AvgIpc) is 3.33. The molecule has 2 aromatic carbocycles. The van der Waals surface area contributed by atoms with E-state index in [2.05, 4.69) is 15.2 Å². The molecule has 0 fully saturated rings. The highest BCUT2D eigenvalue weighted by Gasteiger charge is 2.32. The van der Waals surface area contributed by atoms with Gasteiger partial charge in [-0.25, -0.2) is 4.68 Å². The van der Waals surface area contributed by atoms with Crippen molar-refractivity contribution in [3.05, 3.63) is 58.2 Å². The van der Waals surface area contributed by atoms with Crippen molar-refractivity contribution in [2.45, 2.75) is 6.42 Å². The van der Waals surface area contributed by atoms with E-state index in [-0.39, 0.29) is 12.2 Å². The van der Waals surface area contributed by atoms with Gasteiger partial charge < -0.3 is 19.5 Å². The van der Waals surface area contributed by atoms with Gasteiger partial charge in [0.25, 0.3) is 5.91 Å². The predicted molar refractivity (Wildman–Crippen MR) is 114 cm³/mol. The van der Waals surface area contributed by atoms with E-state index in [1.54, 1.807) is 31.0 Å². The number of halogens is 1. The van der Waals surface area contributed by atoms with Crippen molar-refractivity contribution in [1.82, 2.24) is 15.1 Å². The van der Waals surface area contributed by atoms with Crippen LogP contribution in [-0.4, -0.2) is 49.5 Å². The van der Waals surface area contributed by atoms with E-state index in [0.717, 1.165) is 22.4 Å². The Balaban J connectivity index is 1.86. The molecule has 1 heterocycles. The highest BCUT2D eigenvalue weighted by atomic mass is 35.5. The minimum atomic E-state index is -0.544. The Hall–Kier alpha value is -3.52. The molecule has 1 aliphatic rings. The van der Waals surface area contributed by atoms with Gasteiger partial charge in [-0.05, 0) is 35.9 Å². The quantitative estimate of drug-likeness (QED) is 0.462. The summed E-state index contributed by atoms with van der Waals surface area (Å²) in [6.45, 7) is -0.247. The van der Waals surface area contributed by atoms with E-state index in [1.807, 2.05) is 24.3 Å². The van der Waals surface area contributed by atoms with Gasteiger partial charge in [0.05, 0.1) is 32.7 Å². The third kappa shape index (κ3) is 3.70. The monoisotopic (exact) mass is 441 g/mol. The number of carbonyl (C=O) groups excluding carboxylic acids is 2. The number of amides is 1. The van der Waals surface area contributed by atoms with Crippen molar-refractivity contribution in [1.29, 1.82) is 0 Å². The molecule has 8 nitrogen and oxygen atoms in total.